The van der Waals surface area contributed by atoms with Gasteiger partial charge in [0.15, 0.2) is 6.29 Å². The Bertz CT molecular complexity index is 1230. The Morgan fingerprint density at radius 2 is 1.49 bits per heavy atom. The van der Waals surface area contributed by atoms with Crippen LogP contribution in [0.15, 0.2) is 24.4 Å². The second-order valence-corrected chi connectivity index (χ2v) is 18.9. The highest BCUT2D eigenvalue weighted by Crippen LogP contribution is 2.73. The highest BCUT2D eigenvalue weighted by molar-refractivity contribution is 5.75. The smallest absolute Gasteiger partial charge is 0.307 e. The fourth-order valence-corrected chi connectivity index (χ4v) is 11.8. The molecule has 5 aliphatic carbocycles. The van der Waals surface area contributed by atoms with Gasteiger partial charge in [-0.3, -0.25) is 14.6 Å². The molecule has 1 heterocycles. The lowest BCUT2D eigenvalue weighted by Crippen LogP contribution is -2.63. The van der Waals surface area contributed by atoms with E-state index >= 15 is 0 Å². The van der Waals surface area contributed by atoms with E-state index in [1.54, 1.807) is 24.4 Å². The number of ether oxygens (including phenoxy) is 1. The van der Waals surface area contributed by atoms with Gasteiger partial charge in [0.05, 0.1) is 6.42 Å². The lowest BCUT2D eigenvalue weighted by atomic mass is 9.36. The van der Waals surface area contributed by atoms with Crippen LogP contribution in [0.25, 0.3) is 0 Å². The summed E-state index contributed by atoms with van der Waals surface area (Å²) in [7, 11) is 1.00. The first-order chi connectivity index (χ1) is 23.9. The average molecular weight is 712 g/mol. The number of esters is 1. The molecular formula is C45H77NO5. The fourth-order valence-electron chi connectivity index (χ4n) is 11.8. The van der Waals surface area contributed by atoms with Crippen LogP contribution in [-0.4, -0.2) is 41.8 Å². The van der Waals surface area contributed by atoms with E-state index in [-0.39, 0.29) is 23.9 Å². The van der Waals surface area contributed by atoms with Crippen LogP contribution in [-0.2, 0) is 14.3 Å². The Balaban J connectivity index is 0.000000473. The van der Waals surface area contributed by atoms with E-state index in [2.05, 4.69) is 60.4 Å². The van der Waals surface area contributed by atoms with Gasteiger partial charge in [0.1, 0.15) is 18.1 Å². The standard InChI is InChI=1S/C32H52O3.C6H5NO.C4H10.C2H6.CH4O/c1-28(2,20-33)19-27(34)35-26-14-18-32(7)24(29(26,3)4)13-17-31(6)23-12-16-30(5)15-8-9-22(30)21(23)10-11-25(31)32;8-5-6-3-1-2-4-7-6;1-4(2)3;2*1-2/h20-26H,8-19H2,1-7H3;1-5H;4H,1-3H3;1-2H3;2H,1H3. The summed E-state index contributed by atoms with van der Waals surface area (Å²) in [5.41, 5.74) is 1.25. The van der Waals surface area contributed by atoms with Crippen LogP contribution in [0.4, 0.5) is 0 Å². The Morgan fingerprint density at radius 1 is 0.863 bits per heavy atom. The summed E-state index contributed by atoms with van der Waals surface area (Å²) in [4.78, 5) is 37.8. The number of aldehydes is 2. The van der Waals surface area contributed by atoms with Crippen molar-refractivity contribution in [3.05, 3.63) is 30.1 Å². The maximum absolute atomic E-state index is 12.8. The average Bonchev–Trinajstić information content (AvgIpc) is 3.50. The van der Waals surface area contributed by atoms with Gasteiger partial charge in [-0.25, -0.2) is 0 Å². The van der Waals surface area contributed by atoms with E-state index in [9.17, 15) is 14.4 Å². The van der Waals surface area contributed by atoms with Gasteiger partial charge in [0.25, 0.3) is 0 Å². The number of hydrogen-bond donors (Lipinski definition) is 1. The highest BCUT2D eigenvalue weighted by atomic mass is 16.5. The molecule has 6 heteroatoms. The first kappa shape index (κ1) is 45.1. The number of nitrogens with zero attached hydrogens (tertiary/aromatic N) is 1. The SMILES string of the molecule is CC.CC(C)(C=O)CC(=O)OC1CCC2(C)C(CCC3(C)C4CCC5(C)CCCC5C4CCC32)C1(C)C.CC(C)C.CO.O=Cc1ccccn1. The van der Waals surface area contributed by atoms with Gasteiger partial charge >= 0.3 is 5.97 Å². The summed E-state index contributed by atoms with van der Waals surface area (Å²) in [6, 6.07) is 5.21. The molecule has 1 aromatic rings. The van der Waals surface area contributed by atoms with Crippen molar-refractivity contribution in [2.24, 2.45) is 62.6 Å². The minimum atomic E-state index is -0.648. The monoisotopic (exact) mass is 712 g/mol. The van der Waals surface area contributed by atoms with Crippen molar-refractivity contribution in [3.8, 4) is 0 Å². The highest BCUT2D eigenvalue weighted by Gasteiger charge is 2.66. The van der Waals surface area contributed by atoms with Gasteiger partial charge in [-0.1, -0.05) is 95.6 Å². The van der Waals surface area contributed by atoms with Crippen molar-refractivity contribution < 1.29 is 24.2 Å². The molecular weight excluding hydrogens is 634 g/mol. The van der Waals surface area contributed by atoms with E-state index in [0.717, 1.165) is 55.7 Å². The maximum atomic E-state index is 12.8. The molecule has 6 rings (SSSR count). The van der Waals surface area contributed by atoms with Gasteiger partial charge in [0, 0.05) is 24.1 Å². The van der Waals surface area contributed by atoms with Crippen LogP contribution < -0.4 is 0 Å². The van der Waals surface area contributed by atoms with E-state index in [1.165, 1.54) is 64.2 Å². The van der Waals surface area contributed by atoms with Crippen LogP contribution >= 0.6 is 0 Å². The molecule has 5 saturated carbocycles. The summed E-state index contributed by atoms with van der Waals surface area (Å²) in [6.07, 6.45) is 18.3. The maximum Gasteiger partial charge on any atom is 0.307 e. The Kier molecular flexibility index (Phi) is 16.6. The zero-order valence-electron chi connectivity index (χ0n) is 35.0. The third kappa shape index (κ3) is 10.1. The molecule has 0 amide bonds. The number of aliphatic hydroxyl groups excluding tert-OH is 1. The normalized spacial score (nSPS) is 35.7. The van der Waals surface area contributed by atoms with E-state index in [0.29, 0.717) is 27.9 Å². The molecule has 292 valence electrons. The van der Waals surface area contributed by atoms with Crippen molar-refractivity contribution in [2.75, 3.05) is 7.11 Å². The summed E-state index contributed by atoms with van der Waals surface area (Å²) in [6.45, 7) is 26.8. The predicted octanol–water partition coefficient (Wildman–Crippen LogP) is 11.2. The van der Waals surface area contributed by atoms with Crippen molar-refractivity contribution in [3.63, 3.8) is 0 Å². The zero-order valence-corrected chi connectivity index (χ0v) is 35.0. The lowest BCUT2D eigenvalue weighted by Gasteiger charge is -2.69. The molecule has 0 bridgehead atoms. The molecule has 9 atom stereocenters. The van der Waals surface area contributed by atoms with E-state index < -0.39 is 5.41 Å². The van der Waals surface area contributed by atoms with Crippen LogP contribution in [0, 0.1) is 62.6 Å². The quantitative estimate of drug-likeness (QED) is 0.241. The van der Waals surface area contributed by atoms with Gasteiger partial charge < -0.3 is 14.6 Å². The number of fused-ring (bicyclic) bond motifs is 7. The Hall–Kier alpha value is -2.08. The molecule has 51 heavy (non-hydrogen) atoms. The van der Waals surface area contributed by atoms with Gasteiger partial charge in [-0.05, 0) is 128 Å². The summed E-state index contributed by atoms with van der Waals surface area (Å²) in [5.74, 6) is 4.88. The molecule has 9 unspecified atom stereocenters. The molecule has 6 nitrogen and oxygen atoms in total. The van der Waals surface area contributed by atoms with Gasteiger partial charge in [-0.2, -0.15) is 0 Å². The van der Waals surface area contributed by atoms with E-state index in [1.807, 2.05) is 27.7 Å². The summed E-state index contributed by atoms with van der Waals surface area (Å²) in [5, 5.41) is 7.00. The number of aliphatic hydroxyl groups is 1. The summed E-state index contributed by atoms with van der Waals surface area (Å²) >= 11 is 0. The van der Waals surface area contributed by atoms with Crippen molar-refractivity contribution >= 4 is 18.5 Å². The number of carbonyl (C=O) groups is 3. The fraction of sp³-hybridized carbons (Fsp3) is 0.822. The molecule has 5 fully saturated rings. The zero-order chi connectivity index (χ0) is 38.8. The third-order valence-electron chi connectivity index (χ3n) is 13.9. The Labute approximate surface area is 313 Å². The number of pyridine rings is 1. The molecule has 0 spiro atoms. The van der Waals surface area contributed by atoms with Crippen molar-refractivity contribution in [2.45, 2.75) is 166 Å². The number of rotatable bonds is 5. The molecule has 0 aliphatic heterocycles. The molecule has 1 N–H and O–H groups in total. The van der Waals surface area contributed by atoms with E-state index in [4.69, 9.17) is 9.84 Å². The van der Waals surface area contributed by atoms with Crippen LogP contribution in [0.5, 0.6) is 0 Å². The minimum absolute atomic E-state index is 0.0250. The third-order valence-corrected chi connectivity index (χ3v) is 13.9. The summed E-state index contributed by atoms with van der Waals surface area (Å²) < 4.78 is 6.15. The van der Waals surface area contributed by atoms with Gasteiger partial charge in [-0.15, -0.1) is 0 Å². The number of carbonyl (C=O) groups excluding carboxylic acids is 3. The lowest BCUT2D eigenvalue weighted by molar-refractivity contribution is -0.221. The number of hydrogen-bond acceptors (Lipinski definition) is 6. The molecule has 0 saturated heterocycles. The topological polar surface area (TPSA) is 93.6 Å². The molecule has 0 radical (unpaired) electrons. The minimum Gasteiger partial charge on any atom is -0.462 e. The van der Waals surface area contributed by atoms with Crippen molar-refractivity contribution in [1.29, 1.82) is 0 Å². The molecule has 0 aromatic carbocycles. The Morgan fingerprint density at radius 3 is 2.04 bits per heavy atom. The molecule has 1 aromatic heterocycles. The predicted molar refractivity (Wildman–Crippen MR) is 210 cm³/mol. The second-order valence-electron chi connectivity index (χ2n) is 18.9. The first-order valence-electron chi connectivity index (χ1n) is 20.4. The molecule has 5 aliphatic rings. The van der Waals surface area contributed by atoms with Gasteiger partial charge in [0.2, 0.25) is 0 Å². The van der Waals surface area contributed by atoms with Crippen LogP contribution in [0.1, 0.15) is 171 Å². The van der Waals surface area contributed by atoms with Crippen molar-refractivity contribution in [1.82, 2.24) is 4.98 Å². The number of aromatic nitrogens is 1. The van der Waals surface area contributed by atoms with Crippen LogP contribution in [0.3, 0.4) is 0 Å². The van der Waals surface area contributed by atoms with Crippen LogP contribution in [0.2, 0.25) is 0 Å². The largest absolute Gasteiger partial charge is 0.462 e. The second kappa shape index (κ2) is 18.8. The first-order valence-corrected chi connectivity index (χ1v) is 20.4.